The first-order valence-corrected chi connectivity index (χ1v) is 7.24. The molecule has 0 heterocycles. The molecule has 0 aliphatic heterocycles. The summed E-state index contributed by atoms with van der Waals surface area (Å²) in [5.41, 5.74) is 0.534. The van der Waals surface area contributed by atoms with E-state index < -0.39 is 28.4 Å². The summed E-state index contributed by atoms with van der Waals surface area (Å²) in [5, 5.41) is 0. The zero-order chi connectivity index (χ0) is 17.2. The van der Waals surface area contributed by atoms with E-state index >= 15 is 0 Å². The average molecular weight is 444 g/mol. The Kier molecular flexibility index (Phi) is 5.96. The van der Waals surface area contributed by atoms with Crippen LogP contribution in [0.5, 0.6) is 5.75 Å². The maximum absolute atomic E-state index is 13.3. The highest BCUT2D eigenvalue weighted by Crippen LogP contribution is 2.49. The first-order chi connectivity index (χ1) is 9.90. The lowest BCUT2D eigenvalue weighted by Crippen LogP contribution is -2.52. The zero-order valence-corrected chi connectivity index (χ0v) is 13.4. The van der Waals surface area contributed by atoms with Crippen LogP contribution in [0.1, 0.15) is 12.0 Å². The van der Waals surface area contributed by atoms with E-state index in [0.717, 1.165) is 0 Å². The second kappa shape index (κ2) is 6.79. The maximum Gasteiger partial charge on any atom is 0.459 e. The van der Waals surface area contributed by atoms with Crippen molar-refractivity contribution in [1.29, 1.82) is 0 Å². The summed E-state index contributed by atoms with van der Waals surface area (Å²) in [5.74, 6) is -10.7. The third-order valence-corrected chi connectivity index (χ3v) is 3.79. The summed E-state index contributed by atoms with van der Waals surface area (Å²) >= 11 is 1.44. The van der Waals surface area contributed by atoms with Crippen molar-refractivity contribution in [3.05, 3.63) is 29.8 Å². The Bertz CT molecular complexity index is 484. The van der Waals surface area contributed by atoms with Gasteiger partial charge in [0.1, 0.15) is 5.75 Å². The molecule has 0 aliphatic rings. The molecule has 9 heteroatoms. The predicted octanol–water partition coefficient (Wildman–Crippen LogP) is 5.26. The minimum absolute atomic E-state index is 0.0614. The Labute approximate surface area is 136 Å². The number of hydrogen-bond donors (Lipinski definition) is 0. The number of halogens is 8. The Morgan fingerprint density at radius 2 is 1.50 bits per heavy atom. The van der Waals surface area contributed by atoms with Crippen LogP contribution < -0.4 is 4.74 Å². The largest absolute Gasteiger partial charge is 0.497 e. The summed E-state index contributed by atoms with van der Waals surface area (Å²) in [6.07, 6.45) is -7.92. The molecule has 0 radical (unpaired) electrons. The highest BCUT2D eigenvalue weighted by Gasteiger charge is 2.72. The highest BCUT2D eigenvalue weighted by atomic mass is 127. The van der Waals surface area contributed by atoms with Gasteiger partial charge in [-0.3, -0.25) is 0 Å². The van der Waals surface area contributed by atoms with Crippen molar-refractivity contribution in [3.8, 4) is 5.75 Å². The van der Waals surface area contributed by atoms with Gasteiger partial charge in [0.25, 0.3) is 0 Å². The maximum atomic E-state index is 13.3. The summed E-state index contributed by atoms with van der Waals surface area (Å²) in [6.45, 7) is 0. The Balaban J connectivity index is 2.76. The van der Waals surface area contributed by atoms with E-state index in [2.05, 4.69) is 0 Å². The molecule has 0 bridgehead atoms. The molecule has 1 unspecified atom stereocenters. The van der Waals surface area contributed by atoms with Crippen LogP contribution in [0.2, 0.25) is 0 Å². The molecule has 1 atom stereocenters. The van der Waals surface area contributed by atoms with Gasteiger partial charge in [0.15, 0.2) is 0 Å². The van der Waals surface area contributed by atoms with Crippen molar-refractivity contribution in [3.63, 3.8) is 0 Å². The van der Waals surface area contributed by atoms with Crippen LogP contribution in [0.25, 0.3) is 0 Å². The molecule has 1 aromatic rings. The van der Waals surface area contributed by atoms with Gasteiger partial charge in [-0.15, -0.1) is 0 Å². The molecule has 0 saturated carbocycles. The molecule has 0 spiro atoms. The van der Waals surface area contributed by atoms with Crippen LogP contribution in [-0.2, 0) is 6.42 Å². The first-order valence-electron chi connectivity index (χ1n) is 6.00. The number of alkyl halides is 8. The summed E-state index contributed by atoms with van der Waals surface area (Å²) in [6, 6.07) is 6.15. The van der Waals surface area contributed by atoms with Gasteiger partial charge in [0.05, 0.1) is 7.11 Å². The van der Waals surface area contributed by atoms with Gasteiger partial charge >= 0.3 is 18.0 Å². The molecule has 126 valence electrons. The fraction of sp³-hybridized carbons (Fsp3) is 0.538. The number of hydrogen-bond acceptors (Lipinski definition) is 1. The average Bonchev–Trinajstić information content (AvgIpc) is 2.37. The normalized spacial score (nSPS) is 14.8. The van der Waals surface area contributed by atoms with E-state index in [1.165, 1.54) is 41.8 Å². The lowest BCUT2D eigenvalue weighted by Gasteiger charge is -2.29. The smallest absolute Gasteiger partial charge is 0.459 e. The van der Waals surface area contributed by atoms with E-state index in [-0.39, 0.29) is 6.42 Å². The van der Waals surface area contributed by atoms with E-state index in [1.807, 2.05) is 0 Å². The van der Waals surface area contributed by atoms with E-state index in [0.29, 0.717) is 11.3 Å². The van der Waals surface area contributed by atoms with Crippen LogP contribution in [0.4, 0.5) is 30.7 Å². The van der Waals surface area contributed by atoms with E-state index in [4.69, 9.17) is 4.74 Å². The van der Waals surface area contributed by atoms with Crippen LogP contribution >= 0.6 is 22.6 Å². The van der Waals surface area contributed by atoms with Crippen molar-refractivity contribution >= 4 is 22.6 Å². The van der Waals surface area contributed by atoms with Crippen molar-refractivity contribution < 1.29 is 35.5 Å². The molecule has 0 saturated heterocycles. The molecule has 0 amide bonds. The van der Waals surface area contributed by atoms with Crippen LogP contribution in [0.15, 0.2) is 24.3 Å². The molecule has 1 rings (SSSR count). The fourth-order valence-electron chi connectivity index (χ4n) is 1.70. The second-order valence-electron chi connectivity index (χ2n) is 4.63. The quantitative estimate of drug-likeness (QED) is 0.331. The Morgan fingerprint density at radius 3 is 1.91 bits per heavy atom. The van der Waals surface area contributed by atoms with Crippen molar-refractivity contribution in [1.82, 2.24) is 0 Å². The predicted molar refractivity (Wildman–Crippen MR) is 75.1 cm³/mol. The van der Waals surface area contributed by atoms with Gasteiger partial charge in [0, 0.05) is 10.3 Å². The molecule has 0 aromatic heterocycles. The van der Waals surface area contributed by atoms with Crippen molar-refractivity contribution in [2.24, 2.45) is 0 Å². The number of ether oxygens (including phenoxy) is 1. The topological polar surface area (TPSA) is 9.23 Å². The van der Waals surface area contributed by atoms with Crippen LogP contribution in [0, 0.1) is 0 Å². The molecule has 22 heavy (non-hydrogen) atoms. The minimum Gasteiger partial charge on any atom is -0.497 e. The molecule has 1 nitrogen and oxygen atoms in total. The van der Waals surface area contributed by atoms with Crippen LogP contribution in [0.3, 0.4) is 0 Å². The zero-order valence-electron chi connectivity index (χ0n) is 11.2. The van der Waals surface area contributed by atoms with Crippen molar-refractivity contribution in [2.45, 2.75) is 34.8 Å². The van der Waals surface area contributed by atoms with Gasteiger partial charge in [-0.25, -0.2) is 0 Å². The van der Waals surface area contributed by atoms with Crippen LogP contribution in [-0.4, -0.2) is 29.1 Å². The molecule has 0 N–H and O–H groups in total. The Morgan fingerprint density at radius 1 is 1.00 bits per heavy atom. The standard InChI is InChI=1S/C13H12F7IO/c1-22-10-4-2-8(3-5-10)6-9(21)7-11(14,15)12(16,17)13(18,19)20/h2-5,9H,6-7H2,1H3. The van der Waals surface area contributed by atoms with Gasteiger partial charge in [-0.1, -0.05) is 34.7 Å². The molecular formula is C13H12F7IO. The van der Waals surface area contributed by atoms with Gasteiger partial charge in [-0.2, -0.15) is 30.7 Å². The number of rotatable bonds is 6. The lowest BCUT2D eigenvalue weighted by molar-refractivity contribution is -0.355. The molecule has 0 fully saturated rings. The Hall–Kier alpha value is -0.740. The molecular weight excluding hydrogens is 432 g/mol. The highest BCUT2D eigenvalue weighted by molar-refractivity contribution is 14.1. The summed E-state index contributed by atoms with van der Waals surface area (Å²) < 4.78 is 92.1. The number of methoxy groups -OCH3 is 1. The van der Waals surface area contributed by atoms with E-state index in [9.17, 15) is 30.7 Å². The minimum atomic E-state index is -6.28. The lowest BCUT2D eigenvalue weighted by atomic mass is 10.0. The number of benzene rings is 1. The molecule has 0 aliphatic carbocycles. The van der Waals surface area contributed by atoms with Gasteiger partial charge in [0.2, 0.25) is 0 Å². The third kappa shape index (κ3) is 4.39. The van der Waals surface area contributed by atoms with Gasteiger partial charge < -0.3 is 4.74 Å². The summed E-state index contributed by atoms with van der Waals surface area (Å²) in [4.78, 5) is 0. The SMILES string of the molecule is COc1ccc(CC(I)CC(F)(F)C(F)(F)C(F)(F)F)cc1. The first kappa shape index (κ1) is 19.3. The second-order valence-corrected chi connectivity index (χ2v) is 6.39. The van der Waals surface area contributed by atoms with E-state index in [1.54, 1.807) is 12.1 Å². The van der Waals surface area contributed by atoms with Gasteiger partial charge in [-0.05, 0) is 24.1 Å². The summed E-state index contributed by atoms with van der Waals surface area (Å²) in [7, 11) is 1.43. The molecule has 1 aromatic carbocycles. The fourth-order valence-corrected chi connectivity index (χ4v) is 2.76. The van der Waals surface area contributed by atoms with Crippen molar-refractivity contribution in [2.75, 3.05) is 7.11 Å². The monoisotopic (exact) mass is 444 g/mol. The third-order valence-electron chi connectivity index (χ3n) is 2.91.